The van der Waals surface area contributed by atoms with Crippen molar-refractivity contribution in [2.45, 2.75) is 25.7 Å². The molecule has 2 saturated heterocycles. The van der Waals surface area contributed by atoms with E-state index in [1.165, 1.54) is 6.08 Å². The normalized spacial score (nSPS) is 18.8. The number of nitrogen functional groups attached to an aromatic ring is 1. The first kappa shape index (κ1) is 25.4. The first-order valence-electron chi connectivity index (χ1n) is 12.6. The summed E-state index contributed by atoms with van der Waals surface area (Å²) in [5.74, 6) is 0.979. The van der Waals surface area contributed by atoms with Crippen molar-refractivity contribution in [2.75, 3.05) is 39.1 Å². The van der Waals surface area contributed by atoms with Crippen LogP contribution in [0.5, 0.6) is 0 Å². The van der Waals surface area contributed by atoms with Gasteiger partial charge in [0.2, 0.25) is 5.91 Å². The smallest absolute Gasteiger partial charge is 0.256 e. The Morgan fingerprint density at radius 2 is 2.03 bits per heavy atom. The predicted molar refractivity (Wildman–Crippen MR) is 144 cm³/mol. The first-order valence-corrected chi connectivity index (χ1v) is 12.6. The van der Waals surface area contributed by atoms with Gasteiger partial charge in [-0.3, -0.25) is 19.4 Å². The Bertz CT molecular complexity index is 1410. The molecule has 0 spiro atoms. The average molecular weight is 517 g/mol. The second kappa shape index (κ2) is 10.3. The molecule has 2 aliphatic heterocycles. The van der Waals surface area contributed by atoms with E-state index in [9.17, 15) is 9.59 Å². The third kappa shape index (κ3) is 4.72. The third-order valence-corrected chi connectivity index (χ3v) is 7.13. The van der Waals surface area contributed by atoms with Gasteiger partial charge in [0, 0.05) is 49.6 Å². The molecule has 0 unspecified atom stereocenters. The maximum absolute atomic E-state index is 13.2. The molecule has 5 rings (SSSR count). The summed E-state index contributed by atoms with van der Waals surface area (Å²) < 4.78 is 7.29. The minimum Gasteiger partial charge on any atom is -0.394 e. The number of nitrogens with two attached hydrogens (primary N) is 1. The molecule has 0 aliphatic carbocycles. The lowest BCUT2D eigenvalue weighted by atomic mass is 9.85. The fraction of sp³-hybridized carbons (Fsp3) is 0.370. The van der Waals surface area contributed by atoms with Gasteiger partial charge in [-0.25, -0.2) is 9.97 Å². The molecule has 2 fully saturated rings. The van der Waals surface area contributed by atoms with Gasteiger partial charge in [-0.15, -0.1) is 0 Å². The second-order valence-corrected chi connectivity index (χ2v) is 10.1. The van der Waals surface area contributed by atoms with Crippen molar-refractivity contribution in [1.29, 1.82) is 5.41 Å². The van der Waals surface area contributed by atoms with Gasteiger partial charge in [-0.05, 0) is 44.2 Å². The van der Waals surface area contributed by atoms with Crippen molar-refractivity contribution in [3.63, 3.8) is 0 Å². The molecule has 0 bridgehead atoms. The van der Waals surface area contributed by atoms with Crippen LogP contribution in [0.25, 0.3) is 16.8 Å². The predicted octanol–water partition coefficient (Wildman–Crippen LogP) is 2.16. The molecular formula is C27H32N8O3. The van der Waals surface area contributed by atoms with Crippen molar-refractivity contribution in [1.82, 2.24) is 29.9 Å². The van der Waals surface area contributed by atoms with Crippen LogP contribution >= 0.6 is 0 Å². The Labute approximate surface area is 220 Å². The van der Waals surface area contributed by atoms with Gasteiger partial charge in [0.25, 0.3) is 5.91 Å². The number of amidine groups is 1. The average Bonchev–Trinajstić information content (AvgIpc) is 3.31. The van der Waals surface area contributed by atoms with Gasteiger partial charge in [0.1, 0.15) is 28.7 Å². The molecule has 38 heavy (non-hydrogen) atoms. The van der Waals surface area contributed by atoms with Crippen molar-refractivity contribution >= 4 is 29.0 Å². The maximum atomic E-state index is 13.2. The number of aromatic nitrogens is 3. The van der Waals surface area contributed by atoms with E-state index in [-0.39, 0.29) is 23.6 Å². The zero-order valence-corrected chi connectivity index (χ0v) is 21.5. The van der Waals surface area contributed by atoms with Crippen LogP contribution < -0.4 is 16.4 Å². The van der Waals surface area contributed by atoms with E-state index in [0.717, 1.165) is 30.8 Å². The molecule has 198 valence electrons. The Morgan fingerprint density at radius 1 is 1.26 bits per heavy atom. The van der Waals surface area contributed by atoms with Crippen LogP contribution in [-0.2, 0) is 9.53 Å². The molecule has 5 N–H and O–H groups in total. The minimum atomic E-state index is -0.439. The number of nitrogens with zero attached hydrogens (tertiary/aromatic N) is 4. The van der Waals surface area contributed by atoms with E-state index in [0.29, 0.717) is 42.4 Å². The van der Waals surface area contributed by atoms with Crippen LogP contribution in [0.3, 0.4) is 0 Å². The summed E-state index contributed by atoms with van der Waals surface area (Å²) in [4.78, 5) is 36.9. The first-order chi connectivity index (χ1) is 18.3. The number of nitrogens with one attached hydrogen (secondary N) is 3. The van der Waals surface area contributed by atoms with E-state index in [1.54, 1.807) is 31.6 Å². The monoisotopic (exact) mass is 516 g/mol. The number of imidazole rings is 1. The number of benzene rings is 1. The highest BCUT2D eigenvalue weighted by molar-refractivity contribution is 6.09. The number of piperidine rings is 1. The molecule has 1 aromatic carbocycles. The molecule has 1 atom stereocenters. The van der Waals surface area contributed by atoms with Crippen LogP contribution in [0, 0.1) is 10.8 Å². The minimum absolute atomic E-state index is 0.0177. The maximum Gasteiger partial charge on any atom is 0.256 e. The van der Waals surface area contributed by atoms with Crippen LogP contribution in [0.1, 0.15) is 41.9 Å². The summed E-state index contributed by atoms with van der Waals surface area (Å²) in [5, 5.41) is 13.1. The molecular weight excluding hydrogens is 484 g/mol. The number of carbonyl (C=O) groups excluding carboxylic acids is 2. The van der Waals surface area contributed by atoms with E-state index < -0.39 is 5.41 Å². The van der Waals surface area contributed by atoms with Crippen molar-refractivity contribution in [3.05, 3.63) is 60.3 Å². The van der Waals surface area contributed by atoms with Gasteiger partial charge in [0.05, 0.1) is 18.6 Å². The number of hydrogen-bond donors (Lipinski definition) is 4. The summed E-state index contributed by atoms with van der Waals surface area (Å²) in [5.41, 5.74) is 8.45. The number of hydrogen-bond acceptors (Lipinski definition) is 8. The van der Waals surface area contributed by atoms with Crippen molar-refractivity contribution in [3.8, 4) is 11.3 Å². The van der Waals surface area contributed by atoms with E-state index in [1.807, 2.05) is 34.6 Å². The fourth-order valence-corrected chi connectivity index (χ4v) is 5.04. The van der Waals surface area contributed by atoms with Crippen LogP contribution in [0.2, 0.25) is 0 Å². The summed E-state index contributed by atoms with van der Waals surface area (Å²) in [6, 6.07) is 7.02. The molecule has 11 heteroatoms. The zero-order valence-electron chi connectivity index (χ0n) is 21.5. The van der Waals surface area contributed by atoms with E-state index >= 15 is 0 Å². The lowest BCUT2D eigenvalue weighted by molar-refractivity contribution is -0.169. The Hall–Kier alpha value is -4.25. The highest BCUT2D eigenvalue weighted by Gasteiger charge is 2.44. The Kier molecular flexibility index (Phi) is 6.85. The number of fused-ring (bicyclic) bond motifs is 1. The van der Waals surface area contributed by atoms with Crippen molar-refractivity contribution < 1.29 is 14.3 Å². The lowest BCUT2D eigenvalue weighted by Crippen LogP contribution is -2.55. The fourth-order valence-electron chi connectivity index (χ4n) is 5.04. The topological polar surface area (TPSA) is 151 Å². The number of carbonyl (C=O) groups is 2. The Balaban J connectivity index is 1.42. The summed E-state index contributed by atoms with van der Waals surface area (Å²) in [7, 11) is 1.71. The highest BCUT2D eigenvalue weighted by atomic mass is 16.5. The summed E-state index contributed by atoms with van der Waals surface area (Å²) in [6.07, 6.45) is 8.33. The number of anilines is 1. The summed E-state index contributed by atoms with van der Waals surface area (Å²) >= 11 is 0. The number of ether oxygens (including phenoxy) is 1. The third-order valence-electron chi connectivity index (χ3n) is 7.13. The molecule has 4 heterocycles. The van der Waals surface area contributed by atoms with Gasteiger partial charge in [0.15, 0.2) is 0 Å². The number of likely N-dealkylation sites (tertiary alicyclic amines) is 1. The zero-order chi connectivity index (χ0) is 26.9. The number of amides is 2. The van der Waals surface area contributed by atoms with E-state index in [2.05, 4.69) is 15.6 Å². The summed E-state index contributed by atoms with van der Waals surface area (Å²) in [6.45, 7) is 4.21. The van der Waals surface area contributed by atoms with Crippen LogP contribution in [-0.4, -0.2) is 70.3 Å². The SMILES string of the molecule is CN/C=C\C(=N)NC(=O)c1ccc(-c2nc([C@@H]3CCCN(C(=O)C4(C)COC4)C3)n3ccnc(N)c23)cc1. The van der Waals surface area contributed by atoms with Gasteiger partial charge in [-0.2, -0.15) is 0 Å². The Morgan fingerprint density at radius 3 is 2.71 bits per heavy atom. The van der Waals surface area contributed by atoms with Gasteiger partial charge >= 0.3 is 0 Å². The highest BCUT2D eigenvalue weighted by Crippen LogP contribution is 2.36. The molecule has 0 radical (unpaired) electrons. The van der Waals surface area contributed by atoms with E-state index in [4.69, 9.17) is 20.9 Å². The van der Waals surface area contributed by atoms with Crippen molar-refractivity contribution in [2.24, 2.45) is 5.41 Å². The molecule has 2 aliphatic rings. The van der Waals surface area contributed by atoms with Gasteiger partial charge < -0.3 is 26.0 Å². The second-order valence-electron chi connectivity index (χ2n) is 10.1. The molecule has 11 nitrogen and oxygen atoms in total. The molecule has 3 aromatic rings. The lowest BCUT2D eigenvalue weighted by Gasteiger charge is -2.42. The largest absolute Gasteiger partial charge is 0.394 e. The standard InChI is InChI=1S/C27H32N8O3/c1-27(15-38-16-27)26(37)34-12-3-4-19(14-34)24-33-21(22-23(29)31-11-13-35(22)24)17-5-7-18(8-6-17)25(36)32-20(28)9-10-30-2/h5-11,13,19,30H,3-4,12,14-16H2,1-2H3,(H2,29,31)(H2,28,32,36)/b10-9-/t19-/m1/s1. The van der Waals surface area contributed by atoms with Crippen LogP contribution in [0.15, 0.2) is 48.9 Å². The number of rotatable bonds is 6. The molecule has 2 aromatic heterocycles. The quantitative estimate of drug-likeness (QED) is 0.290. The molecule has 0 saturated carbocycles. The van der Waals surface area contributed by atoms with Gasteiger partial charge in [-0.1, -0.05) is 12.1 Å². The molecule has 2 amide bonds. The van der Waals surface area contributed by atoms with Crippen LogP contribution in [0.4, 0.5) is 5.82 Å².